The van der Waals surface area contributed by atoms with E-state index in [4.69, 9.17) is 9.47 Å². The van der Waals surface area contributed by atoms with Gasteiger partial charge in [0, 0.05) is 16.5 Å². The molecule has 2 unspecified atom stereocenters. The van der Waals surface area contributed by atoms with Gasteiger partial charge in [0.2, 0.25) is 0 Å². The van der Waals surface area contributed by atoms with E-state index in [1.807, 2.05) is 6.07 Å². The van der Waals surface area contributed by atoms with E-state index < -0.39 is 17.6 Å². The summed E-state index contributed by atoms with van der Waals surface area (Å²) in [5.74, 6) is 0.644. The molecule has 2 amide bonds. The second-order valence-electron chi connectivity index (χ2n) is 6.30. The average molecular weight is 407 g/mol. The molecule has 2 aromatic rings. The Bertz CT molecular complexity index is 875. The zero-order valence-electron chi connectivity index (χ0n) is 13.7. The third kappa shape index (κ3) is 2.45. The first-order chi connectivity index (χ1) is 11.9. The Balaban J connectivity index is 1.86. The molecule has 130 valence electrons. The van der Waals surface area contributed by atoms with Crippen molar-refractivity contribution in [2.75, 3.05) is 12.0 Å². The van der Waals surface area contributed by atoms with Crippen LogP contribution < -0.4 is 19.7 Å². The summed E-state index contributed by atoms with van der Waals surface area (Å²) in [7, 11) is 1.56. The minimum absolute atomic E-state index is 0.181. The molecular weight excluding hydrogens is 391 g/mol. The Morgan fingerprint density at radius 2 is 2.16 bits per heavy atom. The summed E-state index contributed by atoms with van der Waals surface area (Å²) in [4.78, 5) is 14.1. The lowest BCUT2D eigenvalue weighted by molar-refractivity contribution is 0.0344. The molecule has 2 atom stereocenters. The fraction of sp³-hybridized carbons (Fsp3) is 0.278. The van der Waals surface area contributed by atoms with Gasteiger partial charge in [-0.3, -0.25) is 4.90 Å². The van der Waals surface area contributed by atoms with Crippen molar-refractivity contribution in [3.05, 3.63) is 52.3 Å². The molecule has 1 N–H and O–H groups in total. The van der Waals surface area contributed by atoms with Crippen LogP contribution in [0.15, 0.2) is 40.9 Å². The predicted octanol–water partition coefficient (Wildman–Crippen LogP) is 4.37. The molecule has 25 heavy (non-hydrogen) atoms. The molecule has 2 heterocycles. The number of nitrogens with zero attached hydrogens (tertiary/aromatic N) is 1. The van der Waals surface area contributed by atoms with Gasteiger partial charge >= 0.3 is 6.03 Å². The minimum Gasteiger partial charge on any atom is -0.493 e. The highest BCUT2D eigenvalue weighted by Gasteiger charge is 2.51. The van der Waals surface area contributed by atoms with Gasteiger partial charge in [0.15, 0.2) is 17.2 Å². The second kappa shape index (κ2) is 5.62. The van der Waals surface area contributed by atoms with E-state index in [-0.39, 0.29) is 11.7 Å². The quantitative estimate of drug-likeness (QED) is 0.805. The molecule has 2 bridgehead atoms. The minimum atomic E-state index is -1.02. The molecule has 1 saturated heterocycles. The molecule has 0 aliphatic carbocycles. The first-order valence-corrected chi connectivity index (χ1v) is 8.64. The van der Waals surface area contributed by atoms with Crippen LogP contribution in [0.5, 0.6) is 11.5 Å². The smallest absolute Gasteiger partial charge is 0.325 e. The Labute approximate surface area is 152 Å². The zero-order valence-corrected chi connectivity index (χ0v) is 15.3. The monoisotopic (exact) mass is 406 g/mol. The van der Waals surface area contributed by atoms with Crippen LogP contribution in [0.2, 0.25) is 0 Å². The Kier molecular flexibility index (Phi) is 3.64. The number of carbonyl (C=O) groups is 1. The predicted molar refractivity (Wildman–Crippen MR) is 94.5 cm³/mol. The van der Waals surface area contributed by atoms with Gasteiger partial charge in [-0.25, -0.2) is 9.18 Å². The molecule has 2 aliphatic heterocycles. The van der Waals surface area contributed by atoms with Gasteiger partial charge < -0.3 is 14.8 Å². The number of urea groups is 1. The molecule has 0 aromatic heterocycles. The number of halogens is 2. The number of hydrogen-bond donors (Lipinski definition) is 1. The summed E-state index contributed by atoms with van der Waals surface area (Å²) in [6.45, 7) is 1.79. The lowest BCUT2D eigenvalue weighted by Gasteiger charge is -2.50. The normalized spacial score (nSPS) is 24.2. The Morgan fingerprint density at radius 1 is 1.40 bits per heavy atom. The zero-order chi connectivity index (χ0) is 17.8. The van der Waals surface area contributed by atoms with Gasteiger partial charge in [0.05, 0.1) is 18.8 Å². The van der Waals surface area contributed by atoms with E-state index in [1.165, 1.54) is 11.0 Å². The van der Waals surface area contributed by atoms with Crippen molar-refractivity contribution in [3.63, 3.8) is 0 Å². The second-order valence-corrected chi connectivity index (χ2v) is 7.21. The van der Waals surface area contributed by atoms with Crippen molar-refractivity contribution in [2.45, 2.75) is 25.1 Å². The van der Waals surface area contributed by atoms with Crippen LogP contribution in [0.4, 0.5) is 14.9 Å². The van der Waals surface area contributed by atoms with Gasteiger partial charge in [-0.15, -0.1) is 0 Å². The number of rotatable bonds is 2. The number of para-hydroxylation sites is 1. The van der Waals surface area contributed by atoms with Crippen LogP contribution in [0.3, 0.4) is 0 Å². The topological polar surface area (TPSA) is 50.8 Å². The Morgan fingerprint density at radius 3 is 2.88 bits per heavy atom. The van der Waals surface area contributed by atoms with Gasteiger partial charge in [0.1, 0.15) is 5.82 Å². The van der Waals surface area contributed by atoms with Gasteiger partial charge in [-0.05, 0) is 31.2 Å². The molecule has 0 radical (unpaired) electrons. The van der Waals surface area contributed by atoms with Crippen molar-refractivity contribution in [2.24, 2.45) is 0 Å². The van der Waals surface area contributed by atoms with Crippen molar-refractivity contribution in [1.29, 1.82) is 0 Å². The number of ether oxygens (including phenoxy) is 2. The van der Waals surface area contributed by atoms with Crippen LogP contribution >= 0.6 is 15.9 Å². The largest absolute Gasteiger partial charge is 0.493 e. The summed E-state index contributed by atoms with van der Waals surface area (Å²) in [6.07, 6.45) is 0.486. The van der Waals surface area contributed by atoms with Crippen LogP contribution in [0, 0.1) is 5.82 Å². The Hall–Kier alpha value is -2.28. The van der Waals surface area contributed by atoms with Crippen molar-refractivity contribution in [3.8, 4) is 11.5 Å². The van der Waals surface area contributed by atoms with E-state index >= 15 is 0 Å². The first kappa shape index (κ1) is 16.2. The van der Waals surface area contributed by atoms with E-state index in [9.17, 15) is 9.18 Å². The summed E-state index contributed by atoms with van der Waals surface area (Å²) in [6, 6.07) is 9.24. The number of amides is 2. The number of anilines is 1. The maximum Gasteiger partial charge on any atom is 0.325 e. The molecule has 2 aromatic carbocycles. The molecule has 0 spiro atoms. The third-order valence-electron chi connectivity index (χ3n) is 4.62. The number of nitrogens with one attached hydrogen (secondary N) is 1. The number of carbonyl (C=O) groups excluding carboxylic acids is 1. The van der Waals surface area contributed by atoms with E-state index in [0.717, 1.165) is 10.0 Å². The number of methoxy groups -OCH3 is 1. The fourth-order valence-electron chi connectivity index (χ4n) is 3.55. The van der Waals surface area contributed by atoms with Crippen LogP contribution in [-0.4, -0.2) is 18.9 Å². The van der Waals surface area contributed by atoms with Crippen LogP contribution in [0.1, 0.15) is 24.9 Å². The highest BCUT2D eigenvalue weighted by atomic mass is 79.9. The molecule has 1 fully saturated rings. The molecule has 2 aliphatic rings. The maximum atomic E-state index is 14.3. The summed E-state index contributed by atoms with van der Waals surface area (Å²) < 4.78 is 26.8. The average Bonchev–Trinajstić information content (AvgIpc) is 2.56. The lowest BCUT2D eigenvalue weighted by Crippen LogP contribution is -2.65. The van der Waals surface area contributed by atoms with Gasteiger partial charge in [-0.1, -0.05) is 28.1 Å². The third-order valence-corrected chi connectivity index (χ3v) is 5.07. The summed E-state index contributed by atoms with van der Waals surface area (Å²) >= 11 is 3.45. The van der Waals surface area contributed by atoms with E-state index in [0.29, 0.717) is 17.9 Å². The van der Waals surface area contributed by atoms with Gasteiger partial charge in [0.25, 0.3) is 0 Å². The van der Waals surface area contributed by atoms with Crippen LogP contribution in [0.25, 0.3) is 0 Å². The maximum absolute atomic E-state index is 14.3. The lowest BCUT2D eigenvalue weighted by atomic mass is 9.90. The molecule has 7 heteroatoms. The molecule has 4 rings (SSSR count). The first-order valence-electron chi connectivity index (χ1n) is 7.84. The summed E-state index contributed by atoms with van der Waals surface area (Å²) in [5.41, 5.74) is -0.00532. The van der Waals surface area contributed by atoms with E-state index in [1.54, 1.807) is 38.3 Å². The highest BCUT2D eigenvalue weighted by molar-refractivity contribution is 9.10. The number of benzene rings is 2. The SMILES string of the molecule is COc1cc(Br)cc2c1OC1(C)CC2NC(=O)N1c1ccccc1F. The molecular formula is C18H16BrFN2O3. The number of hydrogen-bond acceptors (Lipinski definition) is 3. The van der Waals surface area contributed by atoms with E-state index in [2.05, 4.69) is 21.2 Å². The molecule has 5 nitrogen and oxygen atoms in total. The highest BCUT2D eigenvalue weighted by Crippen LogP contribution is 2.50. The van der Waals surface area contributed by atoms with Crippen molar-refractivity contribution >= 4 is 27.6 Å². The standard InChI is InChI=1S/C18H16BrFN2O3/c1-18-9-13(11-7-10(19)8-15(24-2)16(11)25-18)21-17(23)22(18)14-6-4-3-5-12(14)20/h3-8,13H,9H2,1-2H3,(H,21,23). The van der Waals surface area contributed by atoms with Gasteiger partial charge in [-0.2, -0.15) is 0 Å². The fourth-order valence-corrected chi connectivity index (χ4v) is 4.00. The number of fused-ring (bicyclic) bond motifs is 4. The molecule has 0 saturated carbocycles. The van der Waals surface area contributed by atoms with Crippen molar-refractivity contribution < 1.29 is 18.7 Å². The van der Waals surface area contributed by atoms with Crippen LogP contribution in [-0.2, 0) is 0 Å². The van der Waals surface area contributed by atoms with Crippen molar-refractivity contribution in [1.82, 2.24) is 5.32 Å². The summed E-state index contributed by atoms with van der Waals surface area (Å²) in [5, 5.41) is 2.95.